The Morgan fingerprint density at radius 2 is 1.16 bits per heavy atom. The summed E-state index contributed by atoms with van der Waals surface area (Å²) in [4.78, 5) is 0. The van der Waals surface area contributed by atoms with E-state index in [0.29, 0.717) is 5.56 Å². The van der Waals surface area contributed by atoms with Crippen molar-refractivity contribution in [1.82, 2.24) is 4.57 Å². The van der Waals surface area contributed by atoms with Crippen molar-refractivity contribution in [3.05, 3.63) is 78.6 Å². The molecule has 1 heterocycles. The summed E-state index contributed by atoms with van der Waals surface area (Å²) < 4.78 is 8.16. The number of unbranched alkanes of at least 4 members (excludes halogenated alkanes) is 8. The van der Waals surface area contributed by atoms with Crippen molar-refractivity contribution in [2.45, 2.75) is 64.3 Å². The van der Waals surface area contributed by atoms with Crippen molar-refractivity contribution in [1.29, 1.82) is 5.26 Å². The van der Waals surface area contributed by atoms with Crippen molar-refractivity contribution >= 4 is 0 Å². The van der Waals surface area contributed by atoms with Gasteiger partial charge in [-0.2, -0.15) is 5.26 Å². The number of rotatable bonds is 14. The molecule has 3 rings (SSSR count). The summed E-state index contributed by atoms with van der Waals surface area (Å²) in [5, 5.41) is 8.90. The minimum atomic E-state index is 0.687. The van der Waals surface area contributed by atoms with E-state index in [9.17, 15) is 0 Å². The van der Waals surface area contributed by atoms with E-state index in [1.807, 2.05) is 36.4 Å². The molecule has 0 saturated heterocycles. The Balaban J connectivity index is 1.18. The Morgan fingerprint density at radius 3 is 1.74 bits per heavy atom. The summed E-state index contributed by atoms with van der Waals surface area (Å²) in [6, 6.07) is 22.2. The fraction of sp³-hybridized carbons (Fsp3) is 0.393. The van der Waals surface area contributed by atoms with E-state index in [1.165, 1.54) is 51.4 Å². The largest absolute Gasteiger partial charge is 0.494 e. The maximum atomic E-state index is 8.90. The highest BCUT2D eigenvalue weighted by Gasteiger charge is 2.00. The predicted octanol–water partition coefficient (Wildman–Crippen LogP) is 7.62. The lowest BCUT2D eigenvalue weighted by molar-refractivity contribution is 0.304. The number of ether oxygens (including phenoxy) is 1. The number of aryl methyl sites for hydroxylation is 1. The molecule has 0 bridgehead atoms. The monoisotopic (exact) mass is 414 g/mol. The summed E-state index contributed by atoms with van der Waals surface area (Å²) in [6.07, 6.45) is 16.0. The molecule has 1 aromatic heterocycles. The molecule has 3 nitrogen and oxygen atoms in total. The molecular formula is C28H34N2O. The second-order valence-corrected chi connectivity index (χ2v) is 8.16. The summed E-state index contributed by atoms with van der Waals surface area (Å²) in [5.74, 6) is 0.928. The van der Waals surface area contributed by atoms with Crippen LogP contribution in [0.4, 0.5) is 0 Å². The first-order valence-corrected chi connectivity index (χ1v) is 11.7. The number of nitrogens with zero attached hydrogens (tertiary/aromatic N) is 2. The molecule has 0 fully saturated rings. The average Bonchev–Trinajstić information content (AvgIpc) is 3.34. The predicted molar refractivity (Wildman–Crippen MR) is 128 cm³/mol. The first-order valence-electron chi connectivity index (χ1n) is 11.7. The molecule has 0 N–H and O–H groups in total. The van der Waals surface area contributed by atoms with E-state index in [-0.39, 0.29) is 0 Å². The van der Waals surface area contributed by atoms with Crippen LogP contribution in [0.2, 0.25) is 0 Å². The second kappa shape index (κ2) is 13.3. The first-order chi connectivity index (χ1) is 15.3. The highest BCUT2D eigenvalue weighted by atomic mass is 16.5. The van der Waals surface area contributed by atoms with E-state index in [2.05, 4.69) is 47.3 Å². The third-order valence-corrected chi connectivity index (χ3v) is 5.70. The van der Waals surface area contributed by atoms with Gasteiger partial charge in [0, 0.05) is 18.9 Å². The van der Waals surface area contributed by atoms with Crippen molar-refractivity contribution < 1.29 is 4.74 Å². The van der Waals surface area contributed by atoms with Crippen LogP contribution in [0.5, 0.6) is 5.75 Å². The van der Waals surface area contributed by atoms with Crippen LogP contribution >= 0.6 is 0 Å². The van der Waals surface area contributed by atoms with Gasteiger partial charge in [0.2, 0.25) is 0 Å². The van der Waals surface area contributed by atoms with Crippen LogP contribution in [-0.4, -0.2) is 11.2 Å². The highest BCUT2D eigenvalue weighted by Crippen LogP contribution is 2.23. The van der Waals surface area contributed by atoms with Gasteiger partial charge in [-0.3, -0.25) is 0 Å². The smallest absolute Gasteiger partial charge is 0.119 e. The van der Waals surface area contributed by atoms with Crippen LogP contribution in [0.15, 0.2) is 73.1 Å². The molecule has 0 radical (unpaired) electrons. The lowest BCUT2D eigenvalue weighted by Crippen LogP contribution is -1.97. The average molecular weight is 415 g/mol. The number of nitriles is 1. The van der Waals surface area contributed by atoms with Gasteiger partial charge in [0.1, 0.15) is 5.75 Å². The van der Waals surface area contributed by atoms with Crippen molar-refractivity contribution in [3.63, 3.8) is 0 Å². The Kier molecular flexibility index (Phi) is 9.76. The summed E-state index contributed by atoms with van der Waals surface area (Å²) in [6.45, 7) is 1.95. The Bertz CT molecular complexity index is 890. The lowest BCUT2D eigenvalue weighted by atomic mass is 10.0. The van der Waals surface area contributed by atoms with E-state index in [1.54, 1.807) is 0 Å². The number of aromatic nitrogens is 1. The molecule has 3 aromatic rings. The van der Waals surface area contributed by atoms with Gasteiger partial charge in [-0.25, -0.2) is 0 Å². The molecule has 0 aliphatic carbocycles. The van der Waals surface area contributed by atoms with Crippen LogP contribution in [0, 0.1) is 11.3 Å². The second-order valence-electron chi connectivity index (χ2n) is 8.16. The minimum Gasteiger partial charge on any atom is -0.494 e. The van der Waals surface area contributed by atoms with Crippen molar-refractivity contribution in [3.8, 4) is 22.9 Å². The molecule has 2 aromatic carbocycles. The summed E-state index contributed by atoms with van der Waals surface area (Å²) in [5.41, 5.74) is 2.94. The Morgan fingerprint density at radius 1 is 0.645 bits per heavy atom. The van der Waals surface area contributed by atoms with Gasteiger partial charge in [0.05, 0.1) is 18.2 Å². The van der Waals surface area contributed by atoms with Gasteiger partial charge < -0.3 is 9.30 Å². The lowest BCUT2D eigenvalue weighted by Gasteiger charge is -2.08. The zero-order valence-electron chi connectivity index (χ0n) is 18.5. The van der Waals surface area contributed by atoms with Gasteiger partial charge in [-0.15, -0.1) is 0 Å². The van der Waals surface area contributed by atoms with Crippen LogP contribution in [-0.2, 0) is 6.54 Å². The molecular weight excluding hydrogens is 380 g/mol. The molecule has 162 valence electrons. The molecule has 3 heteroatoms. The van der Waals surface area contributed by atoms with Gasteiger partial charge in [-0.1, -0.05) is 69.2 Å². The molecule has 0 atom stereocenters. The molecule has 0 aliphatic heterocycles. The molecule has 0 amide bonds. The number of benzene rings is 2. The molecule has 0 aliphatic rings. The van der Waals surface area contributed by atoms with Crippen LogP contribution < -0.4 is 4.74 Å². The van der Waals surface area contributed by atoms with Gasteiger partial charge >= 0.3 is 0 Å². The first kappa shape index (κ1) is 22.7. The fourth-order valence-electron chi connectivity index (χ4n) is 3.82. The van der Waals surface area contributed by atoms with E-state index in [0.717, 1.165) is 36.4 Å². The number of hydrogen-bond donors (Lipinski definition) is 0. The Labute approximate surface area is 187 Å². The molecule has 0 saturated carbocycles. The van der Waals surface area contributed by atoms with Crippen molar-refractivity contribution in [2.75, 3.05) is 6.61 Å². The van der Waals surface area contributed by atoms with E-state index in [4.69, 9.17) is 10.00 Å². The fourth-order valence-corrected chi connectivity index (χ4v) is 3.82. The maximum absolute atomic E-state index is 8.90. The zero-order valence-corrected chi connectivity index (χ0v) is 18.5. The molecule has 31 heavy (non-hydrogen) atoms. The van der Waals surface area contributed by atoms with Gasteiger partial charge in [0.15, 0.2) is 0 Å². The standard InChI is InChI=1S/C28H34N2O/c29-24-25-12-14-26(15-13-25)27-16-18-28(19-17-27)31-23-11-7-5-3-1-2-4-6-8-20-30-21-9-10-22-30/h9-10,12-19,21-22H,1-8,11,20,23H2. The van der Waals surface area contributed by atoms with E-state index >= 15 is 0 Å². The van der Waals surface area contributed by atoms with Gasteiger partial charge in [-0.05, 0) is 60.4 Å². The Hall–Kier alpha value is -2.99. The number of hydrogen-bond acceptors (Lipinski definition) is 2. The molecule has 0 spiro atoms. The van der Waals surface area contributed by atoms with Crippen LogP contribution in [0.1, 0.15) is 63.4 Å². The topological polar surface area (TPSA) is 37.9 Å². The van der Waals surface area contributed by atoms with Crippen LogP contribution in [0.25, 0.3) is 11.1 Å². The highest BCUT2D eigenvalue weighted by molar-refractivity contribution is 5.64. The molecule has 0 unspecified atom stereocenters. The third-order valence-electron chi connectivity index (χ3n) is 5.70. The normalized spacial score (nSPS) is 10.7. The minimum absolute atomic E-state index is 0.687. The third kappa shape index (κ3) is 8.34. The van der Waals surface area contributed by atoms with E-state index < -0.39 is 0 Å². The SMILES string of the molecule is N#Cc1ccc(-c2ccc(OCCCCCCCCCCCn3cccc3)cc2)cc1. The quantitative estimate of drug-likeness (QED) is 0.254. The zero-order chi connectivity index (χ0) is 21.6. The maximum Gasteiger partial charge on any atom is 0.119 e. The van der Waals surface area contributed by atoms with Crippen LogP contribution in [0.3, 0.4) is 0 Å². The summed E-state index contributed by atoms with van der Waals surface area (Å²) >= 11 is 0. The summed E-state index contributed by atoms with van der Waals surface area (Å²) in [7, 11) is 0. The van der Waals surface area contributed by atoms with Crippen molar-refractivity contribution in [2.24, 2.45) is 0 Å². The van der Waals surface area contributed by atoms with Gasteiger partial charge in [0.25, 0.3) is 0 Å².